The van der Waals surface area contributed by atoms with Gasteiger partial charge in [-0.1, -0.05) is 26.2 Å². The molecule has 1 heterocycles. The van der Waals surface area contributed by atoms with Gasteiger partial charge in [0.2, 0.25) is 0 Å². The van der Waals surface area contributed by atoms with Crippen molar-refractivity contribution in [1.29, 1.82) is 0 Å². The van der Waals surface area contributed by atoms with Crippen LogP contribution in [0.2, 0.25) is 0 Å². The van der Waals surface area contributed by atoms with Crippen LogP contribution in [0.1, 0.15) is 58.3 Å². The molecule has 0 atom stereocenters. The summed E-state index contributed by atoms with van der Waals surface area (Å²) in [7, 11) is 0. The van der Waals surface area contributed by atoms with Crippen LogP contribution in [0, 0.1) is 5.41 Å². The van der Waals surface area contributed by atoms with Crippen LogP contribution in [-0.4, -0.2) is 24.5 Å². The van der Waals surface area contributed by atoms with Crippen molar-refractivity contribution in [3.05, 3.63) is 0 Å². The third kappa shape index (κ3) is 2.31. The van der Waals surface area contributed by atoms with E-state index in [0.717, 1.165) is 5.41 Å². The molecule has 2 rings (SSSR count). The lowest BCUT2D eigenvalue weighted by molar-refractivity contribution is 0.0539. The molecule has 2 fully saturated rings. The SMILES string of the molecule is CCCN1CCCC2(CCCCC2)C1. The molecule has 0 amide bonds. The Kier molecular flexibility index (Phi) is 3.48. The van der Waals surface area contributed by atoms with E-state index in [1.165, 1.54) is 71.0 Å². The number of rotatable bonds is 2. The lowest BCUT2D eigenvalue weighted by atomic mass is 9.69. The summed E-state index contributed by atoms with van der Waals surface area (Å²) in [6, 6.07) is 0. The summed E-state index contributed by atoms with van der Waals surface area (Å²) in [5.41, 5.74) is 0.756. The number of hydrogen-bond acceptors (Lipinski definition) is 1. The fourth-order valence-corrected chi connectivity index (χ4v) is 3.53. The zero-order valence-electron chi connectivity index (χ0n) is 9.73. The molecule has 1 saturated carbocycles. The molecule has 0 N–H and O–H groups in total. The number of hydrogen-bond donors (Lipinski definition) is 0. The molecule has 1 aliphatic carbocycles. The van der Waals surface area contributed by atoms with E-state index in [1.807, 2.05) is 0 Å². The van der Waals surface area contributed by atoms with Gasteiger partial charge in [-0.2, -0.15) is 0 Å². The molecule has 2 aliphatic rings. The molecular formula is C13H25N. The maximum Gasteiger partial charge on any atom is 0.00380 e. The summed E-state index contributed by atoms with van der Waals surface area (Å²) in [6.07, 6.45) is 11.8. The minimum atomic E-state index is 0.756. The molecule has 1 heteroatoms. The molecule has 0 unspecified atom stereocenters. The summed E-state index contributed by atoms with van der Waals surface area (Å²) in [6.45, 7) is 6.43. The fourth-order valence-electron chi connectivity index (χ4n) is 3.53. The zero-order valence-corrected chi connectivity index (χ0v) is 9.73. The first-order valence-electron chi connectivity index (χ1n) is 6.57. The largest absolute Gasteiger partial charge is 0.303 e. The van der Waals surface area contributed by atoms with E-state index in [0.29, 0.717) is 0 Å². The van der Waals surface area contributed by atoms with Crippen molar-refractivity contribution in [3.63, 3.8) is 0 Å². The van der Waals surface area contributed by atoms with E-state index in [1.54, 1.807) is 0 Å². The van der Waals surface area contributed by atoms with E-state index in [2.05, 4.69) is 11.8 Å². The van der Waals surface area contributed by atoms with E-state index in [9.17, 15) is 0 Å². The van der Waals surface area contributed by atoms with E-state index in [4.69, 9.17) is 0 Å². The molecule has 1 nitrogen and oxygen atoms in total. The Balaban J connectivity index is 1.91. The van der Waals surface area contributed by atoms with Crippen molar-refractivity contribution in [2.75, 3.05) is 19.6 Å². The van der Waals surface area contributed by atoms with Gasteiger partial charge in [0.25, 0.3) is 0 Å². The van der Waals surface area contributed by atoms with Gasteiger partial charge in [0.1, 0.15) is 0 Å². The van der Waals surface area contributed by atoms with Gasteiger partial charge in [0, 0.05) is 6.54 Å². The Morgan fingerprint density at radius 1 is 1.00 bits per heavy atom. The molecule has 0 aromatic carbocycles. The summed E-state index contributed by atoms with van der Waals surface area (Å²) < 4.78 is 0. The Morgan fingerprint density at radius 2 is 1.71 bits per heavy atom. The first-order valence-corrected chi connectivity index (χ1v) is 6.57. The van der Waals surface area contributed by atoms with Crippen LogP contribution in [0.4, 0.5) is 0 Å². The highest BCUT2D eigenvalue weighted by Crippen LogP contribution is 2.42. The highest BCUT2D eigenvalue weighted by molar-refractivity contribution is 4.89. The quantitative estimate of drug-likeness (QED) is 0.652. The minimum absolute atomic E-state index is 0.756. The lowest BCUT2D eigenvalue weighted by Crippen LogP contribution is -2.44. The van der Waals surface area contributed by atoms with Crippen molar-refractivity contribution in [1.82, 2.24) is 4.90 Å². The second kappa shape index (κ2) is 4.65. The molecule has 0 bridgehead atoms. The van der Waals surface area contributed by atoms with Gasteiger partial charge in [-0.05, 0) is 50.6 Å². The summed E-state index contributed by atoms with van der Waals surface area (Å²) in [5.74, 6) is 0. The average molecular weight is 195 g/mol. The Hall–Kier alpha value is -0.0400. The predicted molar refractivity (Wildman–Crippen MR) is 61.5 cm³/mol. The number of likely N-dealkylation sites (tertiary alicyclic amines) is 1. The molecule has 1 aliphatic heterocycles. The van der Waals surface area contributed by atoms with E-state index >= 15 is 0 Å². The highest BCUT2D eigenvalue weighted by atomic mass is 15.1. The Labute approximate surface area is 88.9 Å². The summed E-state index contributed by atoms with van der Waals surface area (Å²) in [4.78, 5) is 2.72. The summed E-state index contributed by atoms with van der Waals surface area (Å²) in [5, 5.41) is 0. The third-order valence-corrected chi connectivity index (χ3v) is 4.19. The second-order valence-corrected chi connectivity index (χ2v) is 5.44. The van der Waals surface area contributed by atoms with Crippen LogP contribution in [0.15, 0.2) is 0 Å². The van der Waals surface area contributed by atoms with Crippen molar-refractivity contribution in [2.24, 2.45) is 5.41 Å². The molecule has 0 aromatic rings. The van der Waals surface area contributed by atoms with E-state index in [-0.39, 0.29) is 0 Å². The van der Waals surface area contributed by atoms with Crippen LogP contribution >= 0.6 is 0 Å². The Morgan fingerprint density at radius 3 is 2.43 bits per heavy atom. The van der Waals surface area contributed by atoms with Crippen LogP contribution in [0.5, 0.6) is 0 Å². The molecule has 1 spiro atoms. The normalized spacial score (nSPS) is 28.1. The maximum atomic E-state index is 2.72. The summed E-state index contributed by atoms with van der Waals surface area (Å²) >= 11 is 0. The fraction of sp³-hybridized carbons (Fsp3) is 1.00. The van der Waals surface area contributed by atoms with Crippen molar-refractivity contribution >= 4 is 0 Å². The first kappa shape index (κ1) is 10.5. The van der Waals surface area contributed by atoms with Gasteiger partial charge in [-0.3, -0.25) is 0 Å². The average Bonchev–Trinajstić information content (AvgIpc) is 2.19. The van der Waals surface area contributed by atoms with Crippen LogP contribution in [0.25, 0.3) is 0 Å². The van der Waals surface area contributed by atoms with Gasteiger partial charge < -0.3 is 4.90 Å². The van der Waals surface area contributed by atoms with Crippen molar-refractivity contribution in [2.45, 2.75) is 58.3 Å². The van der Waals surface area contributed by atoms with Gasteiger partial charge in [0.05, 0.1) is 0 Å². The highest BCUT2D eigenvalue weighted by Gasteiger charge is 2.35. The number of piperidine rings is 1. The van der Waals surface area contributed by atoms with E-state index < -0.39 is 0 Å². The smallest absolute Gasteiger partial charge is 0.00380 e. The van der Waals surface area contributed by atoms with Crippen LogP contribution < -0.4 is 0 Å². The predicted octanol–water partition coefficient (Wildman–Crippen LogP) is 3.44. The van der Waals surface area contributed by atoms with Gasteiger partial charge in [-0.15, -0.1) is 0 Å². The van der Waals surface area contributed by atoms with Gasteiger partial charge in [-0.25, -0.2) is 0 Å². The second-order valence-electron chi connectivity index (χ2n) is 5.44. The minimum Gasteiger partial charge on any atom is -0.303 e. The van der Waals surface area contributed by atoms with Gasteiger partial charge >= 0.3 is 0 Å². The van der Waals surface area contributed by atoms with Crippen LogP contribution in [-0.2, 0) is 0 Å². The van der Waals surface area contributed by atoms with Crippen LogP contribution in [0.3, 0.4) is 0 Å². The van der Waals surface area contributed by atoms with Crippen molar-refractivity contribution < 1.29 is 0 Å². The Bertz CT molecular complexity index is 163. The standard InChI is InChI=1S/C13H25N/c1-2-10-14-11-6-9-13(12-14)7-4-3-5-8-13/h2-12H2,1H3. The molecule has 1 saturated heterocycles. The van der Waals surface area contributed by atoms with Crippen molar-refractivity contribution in [3.8, 4) is 0 Å². The molecule has 0 radical (unpaired) electrons. The molecule has 14 heavy (non-hydrogen) atoms. The third-order valence-electron chi connectivity index (χ3n) is 4.19. The first-order chi connectivity index (χ1) is 6.85. The molecule has 82 valence electrons. The topological polar surface area (TPSA) is 3.24 Å². The monoisotopic (exact) mass is 195 g/mol. The maximum absolute atomic E-state index is 2.72. The molecule has 0 aromatic heterocycles. The lowest BCUT2D eigenvalue weighted by Gasteiger charge is -2.45. The zero-order chi connectivity index (χ0) is 9.86. The van der Waals surface area contributed by atoms with Gasteiger partial charge in [0.15, 0.2) is 0 Å². The number of nitrogens with zero attached hydrogens (tertiary/aromatic N) is 1. The molecular weight excluding hydrogens is 170 g/mol.